The van der Waals surface area contributed by atoms with Gasteiger partial charge >= 0.3 is 0 Å². The van der Waals surface area contributed by atoms with Gasteiger partial charge in [-0.2, -0.15) is 0 Å². The molecule has 0 aromatic rings. The molecule has 0 radical (unpaired) electrons. The highest BCUT2D eigenvalue weighted by Crippen LogP contribution is 2.20. The lowest BCUT2D eigenvalue weighted by atomic mass is 10.1. The van der Waals surface area contributed by atoms with Crippen LogP contribution in [0.5, 0.6) is 0 Å². The third kappa shape index (κ3) is 1.99. The lowest BCUT2D eigenvalue weighted by Gasteiger charge is -2.36. The van der Waals surface area contributed by atoms with Gasteiger partial charge in [-0.3, -0.25) is 4.90 Å². The molecule has 0 spiro atoms. The molecule has 0 saturated carbocycles. The monoisotopic (exact) mass is 169 g/mol. The summed E-state index contributed by atoms with van der Waals surface area (Å²) < 4.78 is 5.74. The van der Waals surface area contributed by atoms with Crippen LogP contribution in [0, 0.1) is 0 Å². The van der Waals surface area contributed by atoms with Gasteiger partial charge in [-0.1, -0.05) is 6.42 Å². The van der Waals surface area contributed by atoms with Crippen molar-refractivity contribution in [3.05, 3.63) is 0 Å². The van der Waals surface area contributed by atoms with E-state index in [1.807, 2.05) is 0 Å². The van der Waals surface area contributed by atoms with Crippen LogP contribution in [0.25, 0.3) is 0 Å². The van der Waals surface area contributed by atoms with E-state index in [4.69, 9.17) is 4.74 Å². The summed E-state index contributed by atoms with van der Waals surface area (Å²) in [5.41, 5.74) is 0. The number of hydrogen-bond donors (Lipinski definition) is 0. The summed E-state index contributed by atoms with van der Waals surface area (Å²) in [5.74, 6) is 0. The lowest BCUT2D eigenvalue weighted by molar-refractivity contribution is -0.0916. The highest BCUT2D eigenvalue weighted by molar-refractivity contribution is 4.70. The minimum atomic E-state index is 0.471. The highest BCUT2D eigenvalue weighted by Gasteiger charge is 2.22. The molecule has 0 aromatic heterocycles. The van der Waals surface area contributed by atoms with Crippen LogP contribution < -0.4 is 0 Å². The van der Waals surface area contributed by atoms with Crippen LogP contribution in [0.1, 0.15) is 38.5 Å². The zero-order valence-corrected chi connectivity index (χ0v) is 7.80. The molecular formula is C10H19NO. The smallest absolute Gasteiger partial charge is 0.110 e. The molecule has 2 heterocycles. The van der Waals surface area contributed by atoms with E-state index in [1.54, 1.807) is 0 Å². The molecule has 0 bridgehead atoms. The fourth-order valence-corrected chi connectivity index (χ4v) is 2.22. The summed E-state index contributed by atoms with van der Waals surface area (Å²) >= 11 is 0. The SMILES string of the molecule is C1CCN(C2CCCCO2)CC1. The first-order valence-electron chi connectivity index (χ1n) is 5.32. The van der Waals surface area contributed by atoms with Gasteiger partial charge in [0.2, 0.25) is 0 Å². The Hall–Kier alpha value is -0.0800. The van der Waals surface area contributed by atoms with Gasteiger partial charge in [-0.15, -0.1) is 0 Å². The molecule has 2 fully saturated rings. The predicted molar refractivity (Wildman–Crippen MR) is 49.0 cm³/mol. The van der Waals surface area contributed by atoms with E-state index in [9.17, 15) is 0 Å². The number of piperidine rings is 1. The van der Waals surface area contributed by atoms with Crippen LogP contribution in [-0.4, -0.2) is 30.8 Å². The second-order valence-electron chi connectivity index (χ2n) is 3.92. The van der Waals surface area contributed by atoms with Crippen molar-refractivity contribution in [2.45, 2.75) is 44.8 Å². The first-order chi connectivity index (χ1) is 5.97. The molecule has 2 nitrogen and oxygen atoms in total. The molecule has 12 heavy (non-hydrogen) atoms. The number of nitrogens with zero attached hydrogens (tertiary/aromatic N) is 1. The maximum absolute atomic E-state index is 5.74. The molecule has 2 heteroatoms. The van der Waals surface area contributed by atoms with Gasteiger partial charge in [0.05, 0.1) is 0 Å². The Bertz CT molecular complexity index is 110. The molecule has 0 aromatic carbocycles. The normalized spacial score (nSPS) is 33.5. The van der Waals surface area contributed by atoms with Crippen LogP contribution in [-0.2, 0) is 4.74 Å². The Kier molecular flexibility index (Phi) is 3.01. The first-order valence-corrected chi connectivity index (χ1v) is 5.32. The average molecular weight is 169 g/mol. The molecule has 2 saturated heterocycles. The van der Waals surface area contributed by atoms with Crippen LogP contribution in [0.15, 0.2) is 0 Å². The Balaban J connectivity index is 1.80. The first kappa shape index (κ1) is 8.52. The van der Waals surface area contributed by atoms with Crippen molar-refractivity contribution in [2.75, 3.05) is 19.7 Å². The van der Waals surface area contributed by atoms with Gasteiger partial charge < -0.3 is 4.74 Å². The van der Waals surface area contributed by atoms with E-state index in [2.05, 4.69) is 4.90 Å². The fourth-order valence-electron chi connectivity index (χ4n) is 2.22. The predicted octanol–water partition coefficient (Wildman–Crippen LogP) is 2.00. The molecule has 1 unspecified atom stereocenters. The fraction of sp³-hybridized carbons (Fsp3) is 1.00. The van der Waals surface area contributed by atoms with E-state index in [0.29, 0.717) is 6.23 Å². The second-order valence-corrected chi connectivity index (χ2v) is 3.92. The summed E-state index contributed by atoms with van der Waals surface area (Å²) in [7, 11) is 0. The highest BCUT2D eigenvalue weighted by atomic mass is 16.5. The number of likely N-dealkylation sites (tertiary alicyclic amines) is 1. The van der Waals surface area contributed by atoms with Crippen LogP contribution in [0.3, 0.4) is 0 Å². The second kappa shape index (κ2) is 4.24. The number of hydrogen-bond acceptors (Lipinski definition) is 2. The summed E-state index contributed by atoms with van der Waals surface area (Å²) in [4.78, 5) is 2.53. The van der Waals surface area contributed by atoms with Crippen molar-refractivity contribution in [3.63, 3.8) is 0 Å². The van der Waals surface area contributed by atoms with E-state index in [1.165, 1.54) is 51.6 Å². The van der Waals surface area contributed by atoms with Crippen molar-refractivity contribution < 1.29 is 4.74 Å². The Labute approximate surface area is 74.9 Å². The van der Waals surface area contributed by atoms with Crippen molar-refractivity contribution >= 4 is 0 Å². The van der Waals surface area contributed by atoms with E-state index in [-0.39, 0.29) is 0 Å². The van der Waals surface area contributed by atoms with Gasteiger partial charge in [0.15, 0.2) is 0 Å². The summed E-state index contributed by atoms with van der Waals surface area (Å²) in [6, 6.07) is 0. The lowest BCUT2D eigenvalue weighted by Crippen LogP contribution is -2.42. The van der Waals surface area contributed by atoms with E-state index >= 15 is 0 Å². The third-order valence-electron chi connectivity index (χ3n) is 2.95. The van der Waals surface area contributed by atoms with Gasteiger partial charge in [0.1, 0.15) is 6.23 Å². The Morgan fingerprint density at radius 3 is 2.42 bits per heavy atom. The van der Waals surface area contributed by atoms with Crippen LogP contribution in [0.4, 0.5) is 0 Å². The van der Waals surface area contributed by atoms with Gasteiger partial charge in [0, 0.05) is 19.7 Å². The molecule has 1 atom stereocenters. The average Bonchev–Trinajstić information content (AvgIpc) is 2.21. The Morgan fingerprint density at radius 1 is 0.917 bits per heavy atom. The molecule has 2 aliphatic rings. The summed E-state index contributed by atoms with van der Waals surface area (Å²) in [6.07, 6.45) is 8.54. The zero-order chi connectivity index (χ0) is 8.23. The van der Waals surface area contributed by atoms with Crippen molar-refractivity contribution in [3.8, 4) is 0 Å². The topological polar surface area (TPSA) is 12.5 Å². The van der Waals surface area contributed by atoms with E-state index in [0.717, 1.165) is 6.61 Å². The summed E-state index contributed by atoms with van der Waals surface area (Å²) in [5, 5.41) is 0. The number of ether oxygens (including phenoxy) is 1. The minimum Gasteiger partial charge on any atom is -0.363 e. The molecule has 0 aliphatic carbocycles. The largest absolute Gasteiger partial charge is 0.363 e. The molecule has 2 rings (SSSR count). The van der Waals surface area contributed by atoms with Gasteiger partial charge in [-0.25, -0.2) is 0 Å². The minimum absolute atomic E-state index is 0.471. The van der Waals surface area contributed by atoms with E-state index < -0.39 is 0 Å². The number of rotatable bonds is 1. The summed E-state index contributed by atoms with van der Waals surface area (Å²) in [6.45, 7) is 3.52. The van der Waals surface area contributed by atoms with Crippen molar-refractivity contribution in [2.24, 2.45) is 0 Å². The Morgan fingerprint density at radius 2 is 1.75 bits per heavy atom. The molecule has 70 valence electrons. The zero-order valence-electron chi connectivity index (χ0n) is 7.80. The van der Waals surface area contributed by atoms with Gasteiger partial charge in [0.25, 0.3) is 0 Å². The van der Waals surface area contributed by atoms with Gasteiger partial charge in [-0.05, 0) is 32.1 Å². The standard InChI is InChI=1S/C10H19NO/c1-3-7-11(8-4-1)10-6-2-5-9-12-10/h10H,1-9H2. The van der Waals surface area contributed by atoms with Crippen molar-refractivity contribution in [1.82, 2.24) is 4.90 Å². The molecule has 2 aliphatic heterocycles. The quantitative estimate of drug-likeness (QED) is 0.595. The van der Waals surface area contributed by atoms with Crippen LogP contribution in [0.2, 0.25) is 0 Å². The van der Waals surface area contributed by atoms with Crippen LogP contribution >= 0.6 is 0 Å². The molecule has 0 N–H and O–H groups in total. The molecular weight excluding hydrogens is 150 g/mol. The maximum atomic E-state index is 5.74. The maximum Gasteiger partial charge on any atom is 0.110 e. The molecule has 0 amide bonds. The van der Waals surface area contributed by atoms with Crippen molar-refractivity contribution in [1.29, 1.82) is 0 Å². The third-order valence-corrected chi connectivity index (χ3v) is 2.95.